The highest BCUT2D eigenvalue weighted by Gasteiger charge is 2.19. The molecule has 2 aromatic carbocycles. The normalized spacial score (nSPS) is 13.3. The van der Waals surface area contributed by atoms with Crippen LogP contribution in [0, 0.1) is 0 Å². The van der Waals surface area contributed by atoms with Crippen molar-refractivity contribution in [2.75, 3.05) is 6.79 Å². The predicted molar refractivity (Wildman–Crippen MR) is 108 cm³/mol. The number of carbonyl (C=O) groups excluding carboxylic acids is 2. The topological polar surface area (TPSA) is 86.8 Å². The minimum atomic E-state index is -0.869. The van der Waals surface area contributed by atoms with Crippen LogP contribution in [0.4, 0.5) is 0 Å². The van der Waals surface area contributed by atoms with Gasteiger partial charge in [0.05, 0.1) is 21.6 Å². The van der Waals surface area contributed by atoms with Crippen molar-refractivity contribution >= 4 is 33.4 Å². The Morgan fingerprint density at radius 2 is 2.03 bits per heavy atom. The molecule has 1 atom stereocenters. The Balaban J connectivity index is 1.23. The van der Waals surface area contributed by atoms with Crippen molar-refractivity contribution in [3.63, 3.8) is 0 Å². The molecule has 4 rings (SSSR count). The number of nitrogens with one attached hydrogen (secondary N) is 1. The van der Waals surface area contributed by atoms with Crippen LogP contribution in [-0.2, 0) is 27.3 Å². The van der Waals surface area contributed by atoms with Gasteiger partial charge in [0, 0.05) is 13.0 Å². The number of carbonyl (C=O) groups is 2. The number of para-hydroxylation sites is 1. The Morgan fingerprint density at radius 3 is 2.90 bits per heavy atom. The number of ether oxygens (including phenoxy) is 3. The zero-order valence-corrected chi connectivity index (χ0v) is 16.7. The van der Waals surface area contributed by atoms with Crippen molar-refractivity contribution in [2.45, 2.75) is 32.4 Å². The highest BCUT2D eigenvalue weighted by Crippen LogP contribution is 2.32. The largest absolute Gasteiger partial charge is 0.454 e. The van der Waals surface area contributed by atoms with E-state index in [1.54, 1.807) is 24.3 Å². The molecular weight excluding hydrogens is 392 g/mol. The fourth-order valence-electron chi connectivity index (χ4n) is 2.93. The molecule has 0 unspecified atom stereocenters. The van der Waals surface area contributed by atoms with Crippen molar-refractivity contribution in [2.24, 2.45) is 0 Å². The zero-order chi connectivity index (χ0) is 20.2. The second-order valence-electron chi connectivity index (χ2n) is 6.61. The van der Waals surface area contributed by atoms with E-state index in [4.69, 9.17) is 14.2 Å². The van der Waals surface area contributed by atoms with E-state index in [9.17, 15) is 9.59 Å². The smallest absolute Gasteiger partial charge is 0.306 e. The molecule has 150 valence electrons. The number of aromatic nitrogens is 1. The van der Waals surface area contributed by atoms with Gasteiger partial charge < -0.3 is 19.5 Å². The molecule has 1 aromatic heterocycles. The van der Waals surface area contributed by atoms with E-state index in [2.05, 4.69) is 10.3 Å². The molecule has 0 aliphatic carbocycles. The summed E-state index contributed by atoms with van der Waals surface area (Å²) in [5.41, 5.74) is 1.80. The molecule has 1 amide bonds. The van der Waals surface area contributed by atoms with E-state index in [1.807, 2.05) is 36.4 Å². The number of hydrogen-bond donors (Lipinski definition) is 1. The van der Waals surface area contributed by atoms with E-state index >= 15 is 0 Å². The van der Waals surface area contributed by atoms with Gasteiger partial charge in [0.15, 0.2) is 17.6 Å². The third kappa shape index (κ3) is 4.65. The average molecular weight is 412 g/mol. The van der Waals surface area contributed by atoms with Gasteiger partial charge in [-0.25, -0.2) is 4.98 Å². The minimum absolute atomic E-state index is 0.180. The Kier molecular flexibility index (Phi) is 5.62. The zero-order valence-electron chi connectivity index (χ0n) is 15.8. The lowest BCUT2D eigenvalue weighted by molar-refractivity contribution is -0.154. The number of benzene rings is 2. The summed E-state index contributed by atoms with van der Waals surface area (Å²) in [4.78, 5) is 28.8. The van der Waals surface area contributed by atoms with E-state index in [-0.39, 0.29) is 19.1 Å². The summed E-state index contributed by atoms with van der Waals surface area (Å²) in [5.74, 6) is 0.576. The highest BCUT2D eigenvalue weighted by molar-refractivity contribution is 7.18. The van der Waals surface area contributed by atoms with Gasteiger partial charge in [-0.1, -0.05) is 18.2 Å². The summed E-state index contributed by atoms with van der Waals surface area (Å²) < 4.78 is 16.9. The van der Waals surface area contributed by atoms with Gasteiger partial charge in [-0.15, -0.1) is 11.3 Å². The Morgan fingerprint density at radius 1 is 1.21 bits per heavy atom. The van der Waals surface area contributed by atoms with Gasteiger partial charge in [-0.3, -0.25) is 9.59 Å². The van der Waals surface area contributed by atoms with E-state index in [0.29, 0.717) is 24.5 Å². The van der Waals surface area contributed by atoms with Crippen LogP contribution in [0.5, 0.6) is 11.5 Å². The van der Waals surface area contributed by atoms with Gasteiger partial charge in [-0.05, 0) is 36.8 Å². The molecule has 0 saturated heterocycles. The molecule has 0 fully saturated rings. The fourth-order valence-corrected chi connectivity index (χ4v) is 3.90. The van der Waals surface area contributed by atoms with E-state index in [0.717, 1.165) is 20.8 Å². The van der Waals surface area contributed by atoms with Crippen molar-refractivity contribution in [3.8, 4) is 11.5 Å². The molecule has 0 radical (unpaired) electrons. The number of thiazole rings is 1. The first-order valence-corrected chi connectivity index (χ1v) is 10.1. The highest BCUT2D eigenvalue weighted by atomic mass is 32.1. The van der Waals surface area contributed by atoms with Crippen molar-refractivity contribution in [1.29, 1.82) is 0 Å². The van der Waals surface area contributed by atoms with Crippen LogP contribution in [0.25, 0.3) is 10.2 Å². The maximum absolute atomic E-state index is 12.2. The number of aryl methyl sites for hydroxylation is 1. The average Bonchev–Trinajstić information content (AvgIpc) is 3.36. The van der Waals surface area contributed by atoms with Crippen LogP contribution in [-0.4, -0.2) is 29.8 Å². The fraction of sp³-hybridized carbons (Fsp3) is 0.286. The molecule has 3 aromatic rings. The molecule has 29 heavy (non-hydrogen) atoms. The lowest BCUT2D eigenvalue weighted by Gasteiger charge is -2.13. The molecule has 7 nitrogen and oxygen atoms in total. The molecule has 0 spiro atoms. The molecular formula is C21H20N2O5S. The molecule has 1 N–H and O–H groups in total. The van der Waals surface area contributed by atoms with Crippen LogP contribution in [0.1, 0.15) is 23.9 Å². The van der Waals surface area contributed by atoms with Crippen molar-refractivity contribution < 1.29 is 23.8 Å². The second-order valence-corrected chi connectivity index (χ2v) is 7.73. The van der Waals surface area contributed by atoms with Gasteiger partial charge in [0.25, 0.3) is 5.91 Å². The maximum atomic E-state index is 12.2. The van der Waals surface area contributed by atoms with Gasteiger partial charge >= 0.3 is 5.97 Å². The standard InChI is InChI=1S/C21H20N2O5S/c1-13(21(25)22-11-14-6-7-16-17(10-14)27-12-26-16)28-20(24)9-8-19-23-15-4-2-3-5-18(15)29-19/h2-7,10,13H,8-9,11-12H2,1H3,(H,22,25)/t13-/m1/s1. The van der Waals surface area contributed by atoms with E-state index in [1.165, 1.54) is 0 Å². The summed E-state index contributed by atoms with van der Waals surface area (Å²) in [6, 6.07) is 13.3. The van der Waals surface area contributed by atoms with Crippen molar-refractivity contribution in [1.82, 2.24) is 10.3 Å². The Hall–Kier alpha value is -3.13. The SMILES string of the molecule is C[C@@H](OC(=O)CCc1nc2ccccc2s1)C(=O)NCc1ccc2c(c1)OCO2. The molecule has 0 saturated carbocycles. The molecule has 1 aliphatic rings. The Bertz CT molecular complexity index is 1020. The summed E-state index contributed by atoms with van der Waals surface area (Å²) in [5, 5.41) is 3.64. The summed E-state index contributed by atoms with van der Waals surface area (Å²) in [6.07, 6.45) is -0.199. The molecule has 8 heteroatoms. The first-order chi connectivity index (χ1) is 14.1. The number of hydrogen-bond acceptors (Lipinski definition) is 7. The first kappa shape index (κ1) is 19.2. The molecule has 0 bridgehead atoms. The second kappa shape index (κ2) is 8.48. The minimum Gasteiger partial charge on any atom is -0.454 e. The van der Waals surface area contributed by atoms with Gasteiger partial charge in [0.2, 0.25) is 6.79 Å². The number of esters is 1. The van der Waals surface area contributed by atoms with Gasteiger partial charge in [-0.2, -0.15) is 0 Å². The summed E-state index contributed by atoms with van der Waals surface area (Å²) in [7, 11) is 0. The van der Waals surface area contributed by atoms with E-state index < -0.39 is 12.1 Å². The number of rotatable bonds is 7. The third-order valence-electron chi connectivity index (χ3n) is 4.46. The lowest BCUT2D eigenvalue weighted by Crippen LogP contribution is -2.35. The monoisotopic (exact) mass is 412 g/mol. The number of fused-ring (bicyclic) bond motifs is 2. The van der Waals surface area contributed by atoms with Gasteiger partial charge in [0.1, 0.15) is 0 Å². The third-order valence-corrected chi connectivity index (χ3v) is 5.56. The Labute approximate surface area is 171 Å². The van der Waals surface area contributed by atoms with Crippen LogP contribution in [0.2, 0.25) is 0 Å². The number of amides is 1. The number of nitrogens with zero attached hydrogens (tertiary/aromatic N) is 1. The van der Waals surface area contributed by atoms with Crippen LogP contribution in [0.15, 0.2) is 42.5 Å². The van der Waals surface area contributed by atoms with Crippen LogP contribution >= 0.6 is 11.3 Å². The van der Waals surface area contributed by atoms with Crippen molar-refractivity contribution in [3.05, 3.63) is 53.0 Å². The maximum Gasteiger partial charge on any atom is 0.306 e. The quantitative estimate of drug-likeness (QED) is 0.600. The van der Waals surface area contributed by atoms with Crippen LogP contribution in [0.3, 0.4) is 0 Å². The van der Waals surface area contributed by atoms with Crippen LogP contribution < -0.4 is 14.8 Å². The first-order valence-electron chi connectivity index (χ1n) is 9.28. The molecule has 1 aliphatic heterocycles. The predicted octanol–water partition coefficient (Wildman–Crippen LogP) is 3.21. The molecule has 2 heterocycles. The summed E-state index contributed by atoms with van der Waals surface area (Å²) >= 11 is 1.56. The summed E-state index contributed by atoms with van der Waals surface area (Å²) in [6.45, 7) is 2.07. The lowest BCUT2D eigenvalue weighted by atomic mass is 10.2.